The summed E-state index contributed by atoms with van der Waals surface area (Å²) in [5, 5.41) is 25.4. The van der Waals surface area contributed by atoms with Crippen LogP contribution in [0, 0.1) is 21.4 Å². The zero-order valence-corrected chi connectivity index (χ0v) is 16.0. The van der Waals surface area contributed by atoms with Gasteiger partial charge in [-0.25, -0.2) is 4.79 Å². The van der Waals surface area contributed by atoms with Gasteiger partial charge in [0.25, 0.3) is 5.69 Å². The van der Waals surface area contributed by atoms with Crippen LogP contribution in [0.2, 0.25) is 0 Å². The zero-order valence-electron chi connectivity index (χ0n) is 16.0. The third-order valence-corrected chi connectivity index (χ3v) is 4.00. The third-order valence-electron chi connectivity index (χ3n) is 4.00. The molecule has 1 aromatic carbocycles. The van der Waals surface area contributed by atoms with Crippen molar-refractivity contribution in [3.8, 4) is 6.07 Å². The van der Waals surface area contributed by atoms with E-state index in [0.29, 0.717) is 25.2 Å². The van der Waals surface area contributed by atoms with Crippen molar-refractivity contribution in [2.45, 2.75) is 38.8 Å². The molecule has 2 N–H and O–H groups in total. The summed E-state index contributed by atoms with van der Waals surface area (Å²) in [6.45, 7) is 6.04. The molecule has 0 aromatic heterocycles. The molecule has 150 valence electrons. The molecular formula is C18H23N5O5. The quantitative estimate of drug-likeness (QED) is 0.577. The van der Waals surface area contributed by atoms with E-state index in [1.54, 1.807) is 26.8 Å². The van der Waals surface area contributed by atoms with E-state index in [1.807, 2.05) is 11.0 Å². The van der Waals surface area contributed by atoms with Gasteiger partial charge >= 0.3 is 6.09 Å². The van der Waals surface area contributed by atoms with Crippen molar-refractivity contribution in [2.24, 2.45) is 0 Å². The lowest BCUT2D eigenvalue weighted by Gasteiger charge is -2.21. The van der Waals surface area contributed by atoms with E-state index in [2.05, 4.69) is 10.6 Å². The average molecular weight is 389 g/mol. The van der Waals surface area contributed by atoms with Crippen LogP contribution in [-0.4, -0.2) is 48.2 Å². The SMILES string of the molecule is CC(C)(C)OC(=O)NCC(=O)N[C@H]1CCN(c2ccc([N+](=O)[O-])cc2C#N)C1. The maximum atomic E-state index is 12.0. The van der Waals surface area contributed by atoms with Crippen LogP contribution in [0.1, 0.15) is 32.8 Å². The van der Waals surface area contributed by atoms with Gasteiger partial charge in [-0.05, 0) is 33.3 Å². The number of carbonyl (C=O) groups excluding carboxylic acids is 2. The number of carbonyl (C=O) groups is 2. The van der Waals surface area contributed by atoms with Crippen LogP contribution in [0.4, 0.5) is 16.2 Å². The number of hydrogen-bond acceptors (Lipinski definition) is 7. The van der Waals surface area contributed by atoms with Gasteiger partial charge in [0.05, 0.1) is 16.2 Å². The fraction of sp³-hybridized carbons (Fsp3) is 0.500. The minimum atomic E-state index is -0.666. The Balaban J connectivity index is 1.89. The van der Waals surface area contributed by atoms with Crippen LogP contribution in [0.25, 0.3) is 0 Å². The molecule has 1 aromatic rings. The van der Waals surface area contributed by atoms with Gasteiger partial charge in [0, 0.05) is 31.3 Å². The second kappa shape index (κ2) is 8.56. The number of nitrogens with one attached hydrogen (secondary N) is 2. The molecule has 1 fully saturated rings. The van der Waals surface area contributed by atoms with Crippen molar-refractivity contribution in [3.63, 3.8) is 0 Å². The highest BCUT2D eigenvalue weighted by atomic mass is 16.6. The van der Waals surface area contributed by atoms with Gasteiger partial charge in [-0.2, -0.15) is 5.26 Å². The van der Waals surface area contributed by atoms with Crippen molar-refractivity contribution in [1.82, 2.24) is 10.6 Å². The normalized spacial score (nSPS) is 16.2. The first-order valence-corrected chi connectivity index (χ1v) is 8.79. The zero-order chi connectivity index (χ0) is 20.9. The van der Waals surface area contributed by atoms with Gasteiger partial charge in [-0.15, -0.1) is 0 Å². The Morgan fingerprint density at radius 3 is 2.75 bits per heavy atom. The standard InChI is InChI=1S/C18H23N5O5/c1-18(2,3)28-17(25)20-10-16(24)21-13-6-7-22(11-13)15-5-4-14(23(26)27)8-12(15)9-19/h4-5,8,13H,6-7,10-11H2,1-3H3,(H,20,25)(H,21,24)/t13-/m0/s1. The highest BCUT2D eigenvalue weighted by Crippen LogP contribution is 2.27. The predicted octanol–water partition coefficient (Wildman–Crippen LogP) is 1.69. The lowest BCUT2D eigenvalue weighted by atomic mass is 10.1. The molecular weight excluding hydrogens is 366 g/mol. The number of hydrogen-bond donors (Lipinski definition) is 2. The Labute approximate surface area is 162 Å². The molecule has 0 aliphatic carbocycles. The summed E-state index contributed by atoms with van der Waals surface area (Å²) in [6.07, 6.45) is -0.0136. The number of amides is 2. The molecule has 2 rings (SSSR count). The lowest BCUT2D eigenvalue weighted by molar-refractivity contribution is -0.384. The molecule has 1 aliphatic heterocycles. The molecule has 0 saturated carbocycles. The van der Waals surface area contributed by atoms with Gasteiger partial charge in [-0.3, -0.25) is 14.9 Å². The number of rotatable bonds is 5. The number of nitrogens with zero attached hydrogens (tertiary/aromatic N) is 3. The summed E-state index contributed by atoms with van der Waals surface area (Å²) in [5.41, 5.74) is 0.0254. The van der Waals surface area contributed by atoms with E-state index >= 15 is 0 Å². The smallest absolute Gasteiger partial charge is 0.408 e. The molecule has 1 atom stereocenters. The second-order valence-corrected chi connectivity index (χ2v) is 7.42. The van der Waals surface area contributed by atoms with Crippen molar-refractivity contribution < 1.29 is 19.2 Å². The number of anilines is 1. The molecule has 10 heteroatoms. The highest BCUT2D eigenvalue weighted by molar-refractivity contribution is 5.82. The largest absolute Gasteiger partial charge is 0.444 e. The van der Waals surface area contributed by atoms with Crippen LogP contribution >= 0.6 is 0 Å². The molecule has 1 saturated heterocycles. The minimum Gasteiger partial charge on any atom is -0.444 e. The van der Waals surface area contributed by atoms with E-state index in [0.717, 1.165) is 0 Å². The third kappa shape index (κ3) is 5.84. The fourth-order valence-corrected chi connectivity index (χ4v) is 2.85. The Morgan fingerprint density at radius 2 is 2.14 bits per heavy atom. The van der Waals surface area contributed by atoms with Crippen molar-refractivity contribution >= 4 is 23.4 Å². The Morgan fingerprint density at radius 1 is 1.43 bits per heavy atom. The topological polar surface area (TPSA) is 138 Å². The molecule has 0 spiro atoms. The van der Waals surface area contributed by atoms with Gasteiger partial charge in [0.1, 0.15) is 18.2 Å². The molecule has 2 amide bonds. The molecule has 1 heterocycles. The summed E-state index contributed by atoms with van der Waals surface area (Å²) in [5.74, 6) is -0.345. The van der Waals surface area contributed by atoms with Crippen LogP contribution in [0.3, 0.4) is 0 Å². The monoisotopic (exact) mass is 389 g/mol. The summed E-state index contributed by atoms with van der Waals surface area (Å²) >= 11 is 0. The Hall–Kier alpha value is -3.35. The van der Waals surface area contributed by atoms with Crippen molar-refractivity contribution in [1.29, 1.82) is 5.26 Å². The first kappa shape index (κ1) is 21.0. The number of benzene rings is 1. The maximum absolute atomic E-state index is 12.0. The second-order valence-electron chi connectivity index (χ2n) is 7.42. The summed E-state index contributed by atoms with van der Waals surface area (Å²) in [7, 11) is 0. The molecule has 10 nitrogen and oxygen atoms in total. The van der Waals surface area contributed by atoms with Crippen LogP contribution < -0.4 is 15.5 Å². The van der Waals surface area contributed by atoms with Crippen LogP contribution in [0.5, 0.6) is 0 Å². The summed E-state index contributed by atoms with van der Waals surface area (Å²) in [4.78, 5) is 35.8. The maximum Gasteiger partial charge on any atom is 0.408 e. The minimum absolute atomic E-state index is 0.141. The van der Waals surface area contributed by atoms with Gasteiger partial charge < -0.3 is 20.3 Å². The highest BCUT2D eigenvalue weighted by Gasteiger charge is 2.26. The Kier molecular flexibility index (Phi) is 6.41. The molecule has 0 unspecified atom stereocenters. The van der Waals surface area contributed by atoms with Crippen LogP contribution in [-0.2, 0) is 9.53 Å². The van der Waals surface area contributed by atoms with Gasteiger partial charge in [0.15, 0.2) is 0 Å². The van der Waals surface area contributed by atoms with Gasteiger partial charge in [0.2, 0.25) is 5.91 Å². The van der Waals surface area contributed by atoms with E-state index in [-0.39, 0.29) is 29.7 Å². The number of nitriles is 1. The van der Waals surface area contributed by atoms with E-state index < -0.39 is 16.6 Å². The molecule has 1 aliphatic rings. The van der Waals surface area contributed by atoms with Gasteiger partial charge in [-0.1, -0.05) is 0 Å². The van der Waals surface area contributed by atoms with Crippen LogP contribution in [0.15, 0.2) is 18.2 Å². The predicted molar refractivity (Wildman–Crippen MR) is 101 cm³/mol. The van der Waals surface area contributed by atoms with E-state index in [1.165, 1.54) is 12.1 Å². The summed E-state index contributed by atoms with van der Waals surface area (Å²) in [6, 6.07) is 5.96. The summed E-state index contributed by atoms with van der Waals surface area (Å²) < 4.78 is 5.07. The molecule has 0 bridgehead atoms. The number of nitro groups is 1. The number of non-ortho nitro benzene ring substituents is 1. The number of alkyl carbamates (subject to hydrolysis) is 1. The van der Waals surface area contributed by atoms with E-state index in [4.69, 9.17) is 4.74 Å². The Bertz CT molecular complexity index is 812. The van der Waals surface area contributed by atoms with E-state index in [9.17, 15) is 25.0 Å². The average Bonchev–Trinajstić information content (AvgIpc) is 3.06. The van der Waals surface area contributed by atoms with Crippen molar-refractivity contribution in [2.75, 3.05) is 24.5 Å². The number of ether oxygens (including phenoxy) is 1. The lowest BCUT2D eigenvalue weighted by Crippen LogP contribution is -2.44. The molecule has 28 heavy (non-hydrogen) atoms. The first-order valence-electron chi connectivity index (χ1n) is 8.79. The molecule has 0 radical (unpaired) electrons. The van der Waals surface area contributed by atoms with Crippen molar-refractivity contribution in [3.05, 3.63) is 33.9 Å². The number of nitro benzene ring substituents is 1. The first-order chi connectivity index (χ1) is 13.1. The fourth-order valence-electron chi connectivity index (χ4n) is 2.85.